The van der Waals surface area contributed by atoms with E-state index in [1.807, 2.05) is 53.4 Å². The molecule has 36 heavy (non-hydrogen) atoms. The zero-order valence-electron chi connectivity index (χ0n) is 20.1. The van der Waals surface area contributed by atoms with Crippen molar-refractivity contribution < 1.29 is 21.7 Å². The molecule has 9 nitrogen and oxygen atoms in total. The lowest BCUT2D eigenvalue weighted by molar-refractivity contribution is -0.894. The monoisotopic (exact) mass is 502 g/mol. The van der Waals surface area contributed by atoms with E-state index in [1.54, 1.807) is 12.4 Å². The van der Waals surface area contributed by atoms with E-state index in [4.69, 9.17) is 4.98 Å². The van der Waals surface area contributed by atoms with Crippen molar-refractivity contribution in [2.45, 2.75) is 0 Å². The number of fused-ring (bicyclic) bond motifs is 2. The molecule has 1 aliphatic heterocycles. The number of quaternary nitrogens is 1. The highest BCUT2D eigenvalue weighted by atomic mass is 35.5. The van der Waals surface area contributed by atoms with Gasteiger partial charge in [-0.3, -0.25) is 9.89 Å². The summed E-state index contributed by atoms with van der Waals surface area (Å²) < 4.78 is 0.950. The molecule has 0 spiro atoms. The van der Waals surface area contributed by atoms with Gasteiger partial charge in [0.25, 0.3) is 5.91 Å². The molecule has 3 N–H and O–H groups in total. The fourth-order valence-corrected chi connectivity index (χ4v) is 4.50. The van der Waals surface area contributed by atoms with Crippen molar-refractivity contribution in [3.05, 3.63) is 66.6 Å². The summed E-state index contributed by atoms with van der Waals surface area (Å²) in [5.41, 5.74) is 4.30. The molecular weight excluding hydrogens is 476 g/mol. The topological polar surface area (TPSA) is 103 Å². The van der Waals surface area contributed by atoms with Gasteiger partial charge in [0.15, 0.2) is 5.82 Å². The number of nitrogens with zero attached hydrogens (tertiary/aromatic N) is 5. The molecule has 4 heterocycles. The van der Waals surface area contributed by atoms with Crippen molar-refractivity contribution in [2.24, 2.45) is 0 Å². The zero-order chi connectivity index (χ0) is 24.0. The SMILES string of the molecule is C[N+]1(C)CCN(C(=O)c2cc3ccc(-c4nccc(Nc5ccc6[nH]ncc6c5)n4)cc3[nH]2)CC1.[Cl-]. The van der Waals surface area contributed by atoms with Crippen LogP contribution < -0.4 is 17.7 Å². The summed E-state index contributed by atoms with van der Waals surface area (Å²) in [6.07, 6.45) is 3.53. The third kappa shape index (κ3) is 4.62. The van der Waals surface area contributed by atoms with Crippen molar-refractivity contribution in [2.75, 3.05) is 45.6 Å². The molecule has 0 atom stereocenters. The largest absolute Gasteiger partial charge is 1.00 e. The van der Waals surface area contributed by atoms with E-state index in [0.29, 0.717) is 17.3 Å². The van der Waals surface area contributed by atoms with E-state index < -0.39 is 0 Å². The van der Waals surface area contributed by atoms with E-state index in [2.05, 4.69) is 39.6 Å². The van der Waals surface area contributed by atoms with Crippen LogP contribution in [0.1, 0.15) is 10.5 Å². The minimum Gasteiger partial charge on any atom is -1.00 e. The first-order valence-corrected chi connectivity index (χ1v) is 11.7. The molecule has 1 fully saturated rings. The summed E-state index contributed by atoms with van der Waals surface area (Å²) in [5.74, 6) is 1.37. The summed E-state index contributed by atoms with van der Waals surface area (Å²) in [5, 5.41) is 12.4. The third-order valence-corrected chi connectivity index (χ3v) is 6.72. The van der Waals surface area contributed by atoms with E-state index in [0.717, 1.165) is 63.7 Å². The van der Waals surface area contributed by atoms with Gasteiger partial charge < -0.3 is 32.1 Å². The standard InChI is InChI=1S/C26H26N8O.ClH/c1-34(2)11-9-33(10-12-34)26(35)23-14-17-3-4-18(15-22(17)30-23)25-27-8-7-24(31-25)29-20-5-6-21-19(13-20)16-28-32-21;/h3-8,13-16H,9-12H2,1-2H3,(H2-,27,28,29,30,31,32,35);1H. The van der Waals surface area contributed by atoms with Crippen LogP contribution in [0.2, 0.25) is 0 Å². The summed E-state index contributed by atoms with van der Waals surface area (Å²) >= 11 is 0. The molecule has 5 aromatic rings. The van der Waals surface area contributed by atoms with Gasteiger partial charge in [-0.2, -0.15) is 5.10 Å². The van der Waals surface area contributed by atoms with Crippen molar-refractivity contribution in [1.82, 2.24) is 30.0 Å². The van der Waals surface area contributed by atoms with Crippen LogP contribution in [0.4, 0.5) is 11.5 Å². The Hall–Kier alpha value is -3.95. The first-order chi connectivity index (χ1) is 16.9. The summed E-state index contributed by atoms with van der Waals surface area (Å²) in [6.45, 7) is 3.47. The highest BCUT2D eigenvalue weighted by Gasteiger charge is 2.28. The minimum absolute atomic E-state index is 0. The molecule has 10 heteroatoms. The lowest BCUT2D eigenvalue weighted by Crippen LogP contribution is -3.00. The van der Waals surface area contributed by atoms with Crippen molar-refractivity contribution >= 4 is 39.2 Å². The summed E-state index contributed by atoms with van der Waals surface area (Å²) in [6, 6.07) is 15.7. The Morgan fingerprint density at radius 1 is 1.00 bits per heavy atom. The molecular formula is C26H27ClN8O. The fourth-order valence-electron chi connectivity index (χ4n) is 4.50. The molecule has 3 aromatic heterocycles. The van der Waals surface area contributed by atoms with Crippen LogP contribution in [0.5, 0.6) is 0 Å². The minimum atomic E-state index is 0. The average molecular weight is 503 g/mol. The van der Waals surface area contributed by atoms with Gasteiger partial charge in [-0.1, -0.05) is 12.1 Å². The van der Waals surface area contributed by atoms with E-state index in [1.165, 1.54) is 0 Å². The molecule has 2 aromatic carbocycles. The number of rotatable bonds is 4. The van der Waals surface area contributed by atoms with Crippen LogP contribution in [-0.4, -0.2) is 80.7 Å². The number of hydrogen-bond donors (Lipinski definition) is 3. The highest BCUT2D eigenvalue weighted by Crippen LogP contribution is 2.25. The number of anilines is 2. The van der Waals surface area contributed by atoms with Gasteiger partial charge in [0.05, 0.1) is 52.0 Å². The van der Waals surface area contributed by atoms with Gasteiger partial charge >= 0.3 is 0 Å². The Kier molecular flexibility index (Phi) is 6.11. The molecule has 1 aliphatic rings. The van der Waals surface area contributed by atoms with Crippen LogP contribution in [-0.2, 0) is 0 Å². The quantitative estimate of drug-likeness (QED) is 0.315. The van der Waals surface area contributed by atoms with Gasteiger partial charge in [0.2, 0.25) is 0 Å². The van der Waals surface area contributed by atoms with Crippen LogP contribution in [0.25, 0.3) is 33.2 Å². The molecule has 184 valence electrons. The molecule has 0 aliphatic carbocycles. The van der Waals surface area contributed by atoms with Gasteiger partial charge in [0.1, 0.15) is 11.5 Å². The van der Waals surface area contributed by atoms with Crippen LogP contribution in [0, 0.1) is 0 Å². The predicted octanol–water partition coefficient (Wildman–Crippen LogP) is 0.781. The number of likely N-dealkylation sites (N-methyl/N-ethyl adjacent to an activating group) is 1. The maximum Gasteiger partial charge on any atom is 0.270 e. The lowest BCUT2D eigenvalue weighted by atomic mass is 10.1. The van der Waals surface area contributed by atoms with E-state index >= 15 is 0 Å². The maximum atomic E-state index is 13.1. The highest BCUT2D eigenvalue weighted by molar-refractivity contribution is 5.98. The van der Waals surface area contributed by atoms with Crippen molar-refractivity contribution in [3.63, 3.8) is 0 Å². The van der Waals surface area contributed by atoms with Crippen molar-refractivity contribution in [1.29, 1.82) is 0 Å². The second kappa shape index (κ2) is 9.25. The number of halogens is 1. The normalized spacial score (nSPS) is 15.1. The summed E-state index contributed by atoms with van der Waals surface area (Å²) in [4.78, 5) is 27.5. The Bertz CT molecular complexity index is 1550. The van der Waals surface area contributed by atoms with Crippen LogP contribution in [0.15, 0.2) is 60.9 Å². The number of aromatic nitrogens is 5. The van der Waals surface area contributed by atoms with E-state index in [9.17, 15) is 4.79 Å². The van der Waals surface area contributed by atoms with Gasteiger partial charge in [0, 0.05) is 33.7 Å². The second-order valence-corrected chi connectivity index (χ2v) is 9.72. The Balaban J connectivity index is 0.00000267. The first kappa shape index (κ1) is 23.8. The number of benzene rings is 2. The molecule has 1 amide bonds. The van der Waals surface area contributed by atoms with Crippen LogP contribution >= 0.6 is 0 Å². The maximum absolute atomic E-state index is 13.1. The number of carbonyl (C=O) groups is 1. The van der Waals surface area contributed by atoms with Crippen LogP contribution in [0.3, 0.4) is 0 Å². The third-order valence-electron chi connectivity index (χ3n) is 6.72. The van der Waals surface area contributed by atoms with E-state index in [-0.39, 0.29) is 18.3 Å². The number of hydrogen-bond acceptors (Lipinski definition) is 5. The summed E-state index contributed by atoms with van der Waals surface area (Å²) in [7, 11) is 4.41. The Labute approximate surface area is 214 Å². The molecule has 0 saturated carbocycles. The Morgan fingerprint density at radius 2 is 1.83 bits per heavy atom. The van der Waals surface area contributed by atoms with Crippen molar-refractivity contribution in [3.8, 4) is 11.4 Å². The molecule has 0 radical (unpaired) electrons. The fraction of sp³-hybridized carbons (Fsp3) is 0.231. The molecule has 0 unspecified atom stereocenters. The first-order valence-electron chi connectivity index (χ1n) is 11.7. The molecule has 1 saturated heterocycles. The smallest absolute Gasteiger partial charge is 0.270 e. The number of amides is 1. The average Bonchev–Trinajstić information content (AvgIpc) is 3.50. The Morgan fingerprint density at radius 3 is 2.67 bits per heavy atom. The number of piperazine rings is 1. The zero-order valence-corrected chi connectivity index (χ0v) is 20.9. The number of aromatic amines is 2. The number of carbonyl (C=O) groups excluding carboxylic acids is 1. The van der Waals surface area contributed by atoms with Gasteiger partial charge in [-0.25, -0.2) is 9.97 Å². The number of nitrogens with one attached hydrogen (secondary N) is 3. The number of H-pyrrole nitrogens is 2. The van der Waals surface area contributed by atoms with Gasteiger partial charge in [-0.15, -0.1) is 0 Å². The molecule has 0 bridgehead atoms. The van der Waals surface area contributed by atoms with Gasteiger partial charge in [-0.05, 0) is 36.4 Å². The second-order valence-electron chi connectivity index (χ2n) is 9.72. The predicted molar refractivity (Wildman–Crippen MR) is 136 cm³/mol. The lowest BCUT2D eigenvalue weighted by Gasteiger charge is -2.38. The molecule has 6 rings (SSSR count).